The third-order valence-corrected chi connectivity index (χ3v) is 3.49. The molecular weight excluding hydrogens is 268 g/mol. The van der Waals surface area contributed by atoms with Gasteiger partial charge in [0.25, 0.3) is 0 Å². The molecule has 1 aromatic rings. The average molecular weight is 286 g/mol. The fraction of sp³-hybridized carbons (Fsp3) is 0.400. The first-order chi connectivity index (χ1) is 10.1. The van der Waals surface area contributed by atoms with Crippen molar-refractivity contribution in [1.82, 2.24) is 9.80 Å². The van der Waals surface area contributed by atoms with E-state index >= 15 is 0 Å². The molecule has 1 fully saturated rings. The van der Waals surface area contributed by atoms with Crippen LogP contribution in [-0.4, -0.2) is 54.8 Å². The maximum atomic E-state index is 11.9. The zero-order valence-electron chi connectivity index (χ0n) is 12.0. The molecule has 0 radical (unpaired) electrons. The molecule has 0 aliphatic carbocycles. The van der Waals surface area contributed by atoms with Gasteiger partial charge in [-0.05, 0) is 24.3 Å². The van der Waals surface area contributed by atoms with Crippen molar-refractivity contribution in [1.29, 1.82) is 5.26 Å². The van der Waals surface area contributed by atoms with Crippen LogP contribution in [0, 0.1) is 11.3 Å². The van der Waals surface area contributed by atoms with Gasteiger partial charge >= 0.3 is 0 Å². The van der Waals surface area contributed by atoms with Gasteiger partial charge < -0.3 is 10.2 Å². The van der Waals surface area contributed by atoms with Gasteiger partial charge in [-0.1, -0.05) is 0 Å². The maximum Gasteiger partial charge on any atom is 0.236 e. The number of anilines is 1. The standard InChI is InChI=1S/C15H18N4O2/c1-18-8-9-19(11-15(18)21)7-6-14(20)17-13-4-2-12(10-16)3-5-13/h2-5H,6-9,11H2,1H3,(H,17,20). The second kappa shape index (κ2) is 6.86. The number of benzene rings is 1. The maximum absolute atomic E-state index is 11.9. The Balaban J connectivity index is 1.77. The Hall–Kier alpha value is -2.39. The van der Waals surface area contributed by atoms with Crippen LogP contribution < -0.4 is 5.32 Å². The van der Waals surface area contributed by atoms with Crippen LogP contribution >= 0.6 is 0 Å². The first-order valence-corrected chi connectivity index (χ1v) is 6.85. The van der Waals surface area contributed by atoms with Crippen LogP contribution in [-0.2, 0) is 9.59 Å². The monoisotopic (exact) mass is 286 g/mol. The topological polar surface area (TPSA) is 76.4 Å². The minimum Gasteiger partial charge on any atom is -0.343 e. The van der Waals surface area contributed by atoms with E-state index in [2.05, 4.69) is 5.32 Å². The van der Waals surface area contributed by atoms with E-state index in [0.717, 1.165) is 6.54 Å². The number of hydrogen-bond acceptors (Lipinski definition) is 4. The minimum absolute atomic E-state index is 0.0914. The van der Waals surface area contributed by atoms with Crippen LogP contribution in [0.1, 0.15) is 12.0 Å². The predicted molar refractivity (Wildman–Crippen MR) is 78.5 cm³/mol. The van der Waals surface area contributed by atoms with Crippen LogP contribution in [0.4, 0.5) is 5.69 Å². The van der Waals surface area contributed by atoms with Crippen molar-refractivity contribution in [3.05, 3.63) is 29.8 Å². The lowest BCUT2D eigenvalue weighted by molar-refractivity contribution is -0.134. The Bertz CT molecular complexity index is 562. The molecule has 1 N–H and O–H groups in total. The molecule has 1 aliphatic rings. The Morgan fingerprint density at radius 1 is 1.33 bits per heavy atom. The van der Waals surface area contributed by atoms with Crippen molar-refractivity contribution in [3.63, 3.8) is 0 Å². The van der Waals surface area contributed by atoms with Gasteiger partial charge in [0.05, 0.1) is 18.2 Å². The van der Waals surface area contributed by atoms with E-state index in [1.54, 1.807) is 36.2 Å². The van der Waals surface area contributed by atoms with Gasteiger partial charge in [0.1, 0.15) is 0 Å². The number of hydrogen-bond donors (Lipinski definition) is 1. The van der Waals surface area contributed by atoms with E-state index < -0.39 is 0 Å². The number of carbonyl (C=O) groups is 2. The van der Waals surface area contributed by atoms with Gasteiger partial charge in [-0.2, -0.15) is 5.26 Å². The van der Waals surface area contributed by atoms with Crippen molar-refractivity contribution in [2.45, 2.75) is 6.42 Å². The SMILES string of the molecule is CN1CCN(CCC(=O)Nc2ccc(C#N)cc2)CC1=O. The lowest BCUT2D eigenvalue weighted by Gasteiger charge is -2.31. The van der Waals surface area contributed by atoms with E-state index in [1.807, 2.05) is 11.0 Å². The third kappa shape index (κ3) is 4.29. The van der Waals surface area contributed by atoms with E-state index in [1.165, 1.54) is 0 Å². The predicted octanol–water partition coefficient (Wildman–Crippen LogP) is 0.661. The summed E-state index contributed by atoms with van der Waals surface area (Å²) in [5.41, 5.74) is 1.23. The fourth-order valence-electron chi connectivity index (χ4n) is 2.11. The van der Waals surface area contributed by atoms with Crippen molar-refractivity contribution < 1.29 is 9.59 Å². The second-order valence-electron chi connectivity index (χ2n) is 5.08. The molecule has 0 saturated carbocycles. The quantitative estimate of drug-likeness (QED) is 0.882. The van der Waals surface area contributed by atoms with Gasteiger partial charge in [0.15, 0.2) is 0 Å². The largest absolute Gasteiger partial charge is 0.343 e. The van der Waals surface area contributed by atoms with Crippen molar-refractivity contribution in [2.24, 2.45) is 0 Å². The zero-order valence-corrected chi connectivity index (χ0v) is 12.0. The van der Waals surface area contributed by atoms with E-state index in [9.17, 15) is 9.59 Å². The molecule has 6 heteroatoms. The number of amides is 2. The molecule has 0 bridgehead atoms. The molecule has 2 rings (SSSR count). The first-order valence-electron chi connectivity index (χ1n) is 6.85. The Labute approximate surface area is 123 Å². The zero-order chi connectivity index (χ0) is 15.2. The molecule has 1 aliphatic heterocycles. The third-order valence-electron chi connectivity index (χ3n) is 3.49. The Morgan fingerprint density at radius 2 is 2.05 bits per heavy atom. The number of nitrogens with one attached hydrogen (secondary N) is 1. The van der Waals surface area contributed by atoms with Gasteiger partial charge in [0, 0.05) is 38.8 Å². The van der Waals surface area contributed by atoms with Crippen LogP contribution in [0.5, 0.6) is 0 Å². The number of carbonyl (C=O) groups excluding carboxylic acids is 2. The lowest BCUT2D eigenvalue weighted by Crippen LogP contribution is -2.49. The number of nitriles is 1. The molecule has 0 spiro atoms. The van der Waals surface area contributed by atoms with E-state index in [-0.39, 0.29) is 11.8 Å². The minimum atomic E-state index is -0.0916. The first kappa shape index (κ1) is 15.0. The molecule has 2 amide bonds. The van der Waals surface area contributed by atoms with Crippen molar-refractivity contribution >= 4 is 17.5 Å². The molecule has 110 valence electrons. The smallest absolute Gasteiger partial charge is 0.236 e. The molecule has 0 atom stereocenters. The van der Waals surface area contributed by atoms with E-state index in [4.69, 9.17) is 5.26 Å². The summed E-state index contributed by atoms with van der Waals surface area (Å²) in [6, 6.07) is 8.76. The van der Waals surface area contributed by atoms with Gasteiger partial charge in [0.2, 0.25) is 11.8 Å². The second-order valence-corrected chi connectivity index (χ2v) is 5.08. The summed E-state index contributed by atoms with van der Waals surface area (Å²) in [5.74, 6) is -0.000153. The molecule has 1 heterocycles. The molecule has 6 nitrogen and oxygen atoms in total. The Kier molecular flexibility index (Phi) is 4.90. The van der Waals surface area contributed by atoms with Crippen molar-refractivity contribution in [2.75, 3.05) is 38.5 Å². The number of rotatable bonds is 4. The average Bonchev–Trinajstić information content (AvgIpc) is 2.49. The summed E-state index contributed by atoms with van der Waals surface area (Å²) < 4.78 is 0. The summed E-state index contributed by atoms with van der Waals surface area (Å²) in [4.78, 5) is 27.1. The molecule has 21 heavy (non-hydrogen) atoms. The molecular formula is C15H18N4O2. The number of nitrogens with zero attached hydrogens (tertiary/aromatic N) is 3. The van der Waals surface area contributed by atoms with Crippen molar-refractivity contribution in [3.8, 4) is 6.07 Å². The summed E-state index contributed by atoms with van der Waals surface area (Å²) in [6.45, 7) is 2.45. The normalized spacial score (nSPS) is 15.6. The fourth-order valence-corrected chi connectivity index (χ4v) is 2.11. The van der Waals surface area contributed by atoms with Crippen LogP contribution in [0.15, 0.2) is 24.3 Å². The highest BCUT2D eigenvalue weighted by Crippen LogP contribution is 2.09. The summed E-state index contributed by atoms with van der Waals surface area (Å²) in [5, 5.41) is 11.5. The van der Waals surface area contributed by atoms with Gasteiger partial charge in [-0.25, -0.2) is 0 Å². The molecule has 1 aromatic carbocycles. The molecule has 0 aromatic heterocycles. The van der Waals surface area contributed by atoms with Gasteiger partial charge in [-0.15, -0.1) is 0 Å². The highest BCUT2D eigenvalue weighted by Gasteiger charge is 2.20. The lowest BCUT2D eigenvalue weighted by atomic mass is 10.2. The van der Waals surface area contributed by atoms with Crippen LogP contribution in [0.2, 0.25) is 0 Å². The van der Waals surface area contributed by atoms with Gasteiger partial charge in [-0.3, -0.25) is 14.5 Å². The number of likely N-dealkylation sites (N-methyl/N-ethyl adjacent to an activating group) is 1. The molecule has 1 saturated heterocycles. The highest BCUT2D eigenvalue weighted by atomic mass is 16.2. The van der Waals surface area contributed by atoms with Crippen LogP contribution in [0.25, 0.3) is 0 Å². The summed E-state index contributed by atoms with van der Waals surface area (Å²) in [6.07, 6.45) is 0.344. The number of piperazine rings is 1. The summed E-state index contributed by atoms with van der Waals surface area (Å²) in [7, 11) is 1.79. The van der Waals surface area contributed by atoms with Crippen LogP contribution in [0.3, 0.4) is 0 Å². The summed E-state index contributed by atoms with van der Waals surface area (Å²) >= 11 is 0. The highest BCUT2D eigenvalue weighted by molar-refractivity contribution is 5.90. The molecule has 0 unspecified atom stereocenters. The van der Waals surface area contributed by atoms with E-state index in [0.29, 0.717) is 37.3 Å². The Morgan fingerprint density at radius 3 is 2.67 bits per heavy atom.